The lowest BCUT2D eigenvalue weighted by Crippen LogP contribution is -2.38. The minimum absolute atomic E-state index is 0.239. The van der Waals surface area contributed by atoms with Crippen LogP contribution in [-0.4, -0.2) is 55.5 Å². The average Bonchev–Trinajstić information content (AvgIpc) is 3.03. The van der Waals surface area contributed by atoms with Gasteiger partial charge in [0, 0.05) is 38.9 Å². The van der Waals surface area contributed by atoms with Gasteiger partial charge in [0.25, 0.3) is 11.8 Å². The molecule has 0 spiro atoms. The zero-order valence-corrected chi connectivity index (χ0v) is 17.4. The van der Waals surface area contributed by atoms with Gasteiger partial charge >= 0.3 is 0 Å². The Labute approximate surface area is 176 Å². The summed E-state index contributed by atoms with van der Waals surface area (Å²) in [5, 5.41) is 0. The quantitative estimate of drug-likeness (QED) is 0.523. The molecule has 0 N–H and O–H groups in total. The third-order valence-corrected chi connectivity index (χ3v) is 5.70. The fourth-order valence-corrected chi connectivity index (χ4v) is 4.21. The Morgan fingerprint density at radius 2 is 1.67 bits per heavy atom. The third-order valence-electron chi connectivity index (χ3n) is 5.70. The molecule has 0 unspecified atom stereocenters. The third kappa shape index (κ3) is 3.59. The van der Waals surface area contributed by atoms with Gasteiger partial charge in [-0.15, -0.1) is 0 Å². The Morgan fingerprint density at radius 3 is 2.43 bits per heavy atom. The number of amides is 2. The smallest absolute Gasteiger partial charge is 0.277 e. The molecule has 2 heterocycles. The Bertz CT molecular complexity index is 998. The summed E-state index contributed by atoms with van der Waals surface area (Å²) in [6.45, 7) is 2.12. The largest absolute Gasteiger partial charge is 0.496 e. The second-order valence-corrected chi connectivity index (χ2v) is 7.47. The maximum absolute atomic E-state index is 13.4. The summed E-state index contributed by atoms with van der Waals surface area (Å²) >= 11 is 0. The molecule has 0 radical (unpaired) electrons. The lowest BCUT2D eigenvalue weighted by molar-refractivity contribution is -0.137. The van der Waals surface area contributed by atoms with Crippen molar-refractivity contribution < 1.29 is 19.1 Å². The highest BCUT2D eigenvalue weighted by Crippen LogP contribution is 2.37. The summed E-state index contributed by atoms with van der Waals surface area (Å²) in [5.41, 5.74) is 4.03. The molecule has 2 aromatic rings. The van der Waals surface area contributed by atoms with E-state index in [2.05, 4.69) is 12.1 Å². The molecule has 6 heteroatoms. The van der Waals surface area contributed by atoms with Gasteiger partial charge in [0.15, 0.2) is 0 Å². The van der Waals surface area contributed by atoms with Crippen molar-refractivity contribution in [2.45, 2.75) is 19.4 Å². The van der Waals surface area contributed by atoms with E-state index in [-0.39, 0.29) is 11.8 Å². The Hall–Kier alpha value is -3.12. The Balaban J connectivity index is 1.76. The van der Waals surface area contributed by atoms with Crippen molar-refractivity contribution in [2.24, 2.45) is 0 Å². The number of benzene rings is 2. The highest BCUT2D eigenvalue weighted by Gasteiger charge is 2.42. The Morgan fingerprint density at radius 1 is 0.933 bits per heavy atom. The van der Waals surface area contributed by atoms with Gasteiger partial charge in [-0.3, -0.25) is 14.5 Å². The summed E-state index contributed by atoms with van der Waals surface area (Å²) in [4.78, 5) is 30.2. The van der Waals surface area contributed by atoms with Crippen LogP contribution in [0.25, 0.3) is 5.57 Å². The van der Waals surface area contributed by atoms with E-state index in [1.54, 1.807) is 14.2 Å². The predicted molar refractivity (Wildman–Crippen MR) is 114 cm³/mol. The molecule has 0 aromatic heterocycles. The van der Waals surface area contributed by atoms with E-state index in [0.29, 0.717) is 55.2 Å². The predicted octanol–water partition coefficient (Wildman–Crippen LogP) is 2.87. The number of para-hydroxylation sites is 1. The molecule has 2 aliphatic heterocycles. The molecule has 0 fully saturated rings. The molecule has 30 heavy (non-hydrogen) atoms. The fraction of sp³-hybridized carbons (Fsp3) is 0.333. The van der Waals surface area contributed by atoms with Crippen molar-refractivity contribution >= 4 is 17.4 Å². The van der Waals surface area contributed by atoms with Crippen molar-refractivity contribution in [3.05, 3.63) is 70.9 Å². The average molecular weight is 406 g/mol. The minimum Gasteiger partial charge on any atom is -0.496 e. The Kier molecular flexibility index (Phi) is 5.86. The van der Waals surface area contributed by atoms with Crippen LogP contribution in [0, 0.1) is 0 Å². The standard InChI is InChI=1S/C24H26N2O4/c1-29-15-7-13-26-23(27)21(19-10-5-6-11-20(19)30-2)22(24(26)28)25-14-12-17-8-3-4-9-18(17)16-25/h3-6,8-11H,7,12-16H2,1-2H3. The van der Waals surface area contributed by atoms with Gasteiger partial charge in [0.05, 0.1) is 12.7 Å². The van der Waals surface area contributed by atoms with Gasteiger partial charge < -0.3 is 14.4 Å². The van der Waals surface area contributed by atoms with Gasteiger partial charge in [-0.1, -0.05) is 42.5 Å². The maximum Gasteiger partial charge on any atom is 0.277 e. The lowest BCUT2D eigenvalue weighted by atomic mass is 9.97. The monoisotopic (exact) mass is 406 g/mol. The van der Waals surface area contributed by atoms with E-state index in [1.165, 1.54) is 16.0 Å². The molecule has 0 atom stereocenters. The van der Waals surface area contributed by atoms with Crippen LogP contribution < -0.4 is 4.74 Å². The van der Waals surface area contributed by atoms with Crippen molar-refractivity contribution in [1.29, 1.82) is 0 Å². The van der Waals surface area contributed by atoms with Crippen LogP contribution in [0.5, 0.6) is 5.75 Å². The molecular weight excluding hydrogens is 380 g/mol. The van der Waals surface area contributed by atoms with Crippen LogP contribution in [0.15, 0.2) is 54.2 Å². The normalized spacial score (nSPS) is 16.3. The second kappa shape index (κ2) is 8.71. The number of methoxy groups -OCH3 is 2. The molecule has 6 nitrogen and oxygen atoms in total. The summed E-state index contributed by atoms with van der Waals surface area (Å²) in [6, 6.07) is 15.6. The molecule has 0 aliphatic carbocycles. The van der Waals surface area contributed by atoms with E-state index < -0.39 is 0 Å². The number of carbonyl (C=O) groups excluding carboxylic acids is 2. The highest BCUT2D eigenvalue weighted by atomic mass is 16.5. The van der Waals surface area contributed by atoms with E-state index >= 15 is 0 Å². The van der Waals surface area contributed by atoms with Gasteiger partial charge in [0.1, 0.15) is 11.4 Å². The SMILES string of the molecule is COCCCN1C(=O)C(c2ccccc2OC)=C(N2CCc3ccccc3C2)C1=O. The molecule has 0 bridgehead atoms. The lowest BCUT2D eigenvalue weighted by Gasteiger charge is -2.31. The zero-order chi connectivity index (χ0) is 21.1. The summed E-state index contributed by atoms with van der Waals surface area (Å²) in [5.74, 6) is 0.0770. The van der Waals surface area contributed by atoms with Crippen LogP contribution >= 0.6 is 0 Å². The van der Waals surface area contributed by atoms with Gasteiger partial charge in [0.2, 0.25) is 0 Å². The van der Waals surface area contributed by atoms with Crippen LogP contribution in [-0.2, 0) is 27.3 Å². The van der Waals surface area contributed by atoms with Gasteiger partial charge in [-0.05, 0) is 30.0 Å². The van der Waals surface area contributed by atoms with Crippen LogP contribution in [0.2, 0.25) is 0 Å². The summed E-state index contributed by atoms with van der Waals surface area (Å²) < 4.78 is 10.6. The van der Waals surface area contributed by atoms with Crippen molar-refractivity contribution in [3.8, 4) is 5.75 Å². The van der Waals surface area contributed by atoms with Crippen molar-refractivity contribution in [2.75, 3.05) is 33.9 Å². The van der Waals surface area contributed by atoms with Crippen LogP contribution in [0.4, 0.5) is 0 Å². The van der Waals surface area contributed by atoms with E-state index in [9.17, 15) is 9.59 Å². The number of nitrogens with zero attached hydrogens (tertiary/aromatic N) is 2. The molecule has 4 rings (SSSR count). The second-order valence-electron chi connectivity index (χ2n) is 7.47. The molecular formula is C24H26N2O4. The van der Waals surface area contributed by atoms with Crippen LogP contribution in [0.1, 0.15) is 23.1 Å². The first-order valence-corrected chi connectivity index (χ1v) is 10.2. The molecule has 0 saturated heterocycles. The van der Waals surface area contributed by atoms with E-state index in [4.69, 9.17) is 9.47 Å². The van der Waals surface area contributed by atoms with Crippen molar-refractivity contribution in [3.63, 3.8) is 0 Å². The minimum atomic E-state index is -0.269. The van der Waals surface area contributed by atoms with Gasteiger partial charge in [-0.25, -0.2) is 0 Å². The highest BCUT2D eigenvalue weighted by molar-refractivity contribution is 6.36. The van der Waals surface area contributed by atoms with Crippen molar-refractivity contribution in [1.82, 2.24) is 9.80 Å². The number of hydrogen-bond acceptors (Lipinski definition) is 5. The van der Waals surface area contributed by atoms with Crippen LogP contribution in [0.3, 0.4) is 0 Å². The zero-order valence-electron chi connectivity index (χ0n) is 17.4. The topological polar surface area (TPSA) is 59.1 Å². The number of ether oxygens (including phenoxy) is 2. The molecule has 2 aliphatic rings. The van der Waals surface area contributed by atoms with E-state index in [1.807, 2.05) is 41.3 Å². The number of carbonyl (C=O) groups is 2. The summed E-state index contributed by atoms with van der Waals surface area (Å²) in [6.07, 6.45) is 1.44. The number of hydrogen-bond donors (Lipinski definition) is 0. The first kappa shape index (κ1) is 20.2. The number of rotatable bonds is 7. The summed E-state index contributed by atoms with van der Waals surface area (Å²) in [7, 11) is 3.19. The molecule has 2 amide bonds. The van der Waals surface area contributed by atoms with E-state index in [0.717, 1.165) is 6.42 Å². The van der Waals surface area contributed by atoms with Gasteiger partial charge in [-0.2, -0.15) is 0 Å². The number of imide groups is 1. The maximum atomic E-state index is 13.4. The number of fused-ring (bicyclic) bond motifs is 1. The first-order chi connectivity index (χ1) is 14.7. The fourth-order valence-electron chi connectivity index (χ4n) is 4.21. The molecule has 2 aromatic carbocycles. The first-order valence-electron chi connectivity index (χ1n) is 10.2. The molecule has 156 valence electrons. The molecule has 0 saturated carbocycles.